The van der Waals surface area contributed by atoms with E-state index in [1.54, 1.807) is 0 Å². The van der Waals surface area contributed by atoms with Gasteiger partial charge in [0.2, 0.25) is 0 Å². The standard InChI is InChI=1S/C17H11F3N2S/c1-7-3-4-12-9(5-7)13(8(2)21-12)17-22-15-14(20)10(18)6-11(19)16(15)23-17/h3-6,21H,1-2H3. The van der Waals surface area contributed by atoms with E-state index < -0.39 is 17.5 Å². The van der Waals surface area contributed by atoms with Crippen LogP contribution < -0.4 is 0 Å². The van der Waals surface area contributed by atoms with Gasteiger partial charge in [-0.1, -0.05) is 11.6 Å². The number of nitrogens with one attached hydrogen (secondary N) is 1. The summed E-state index contributed by atoms with van der Waals surface area (Å²) in [5.74, 6) is -3.13. The lowest BCUT2D eigenvalue weighted by atomic mass is 10.1. The lowest BCUT2D eigenvalue weighted by molar-refractivity contribution is 0.505. The number of benzene rings is 2. The molecule has 0 saturated heterocycles. The number of fused-ring (bicyclic) bond motifs is 2. The highest BCUT2D eigenvalue weighted by atomic mass is 32.1. The van der Waals surface area contributed by atoms with Crippen LogP contribution in [-0.2, 0) is 0 Å². The Balaban J connectivity index is 2.07. The Morgan fingerprint density at radius 3 is 2.61 bits per heavy atom. The van der Waals surface area contributed by atoms with E-state index in [0.717, 1.165) is 39.1 Å². The van der Waals surface area contributed by atoms with Crippen molar-refractivity contribution < 1.29 is 13.2 Å². The van der Waals surface area contributed by atoms with E-state index in [2.05, 4.69) is 9.97 Å². The number of thiazole rings is 1. The highest BCUT2D eigenvalue weighted by Gasteiger charge is 2.20. The second-order valence-corrected chi connectivity index (χ2v) is 6.52. The van der Waals surface area contributed by atoms with Gasteiger partial charge in [-0.2, -0.15) is 0 Å². The lowest BCUT2D eigenvalue weighted by Crippen LogP contribution is -1.88. The molecule has 6 heteroatoms. The smallest absolute Gasteiger partial charge is 0.186 e. The number of aromatic amines is 1. The SMILES string of the molecule is Cc1ccc2[nH]c(C)c(-c3nc4c(F)c(F)cc(F)c4s3)c2c1. The van der Waals surface area contributed by atoms with Gasteiger partial charge < -0.3 is 4.98 Å². The van der Waals surface area contributed by atoms with E-state index in [9.17, 15) is 13.2 Å². The van der Waals surface area contributed by atoms with Crippen LogP contribution in [0.1, 0.15) is 11.3 Å². The molecule has 4 aromatic rings. The minimum Gasteiger partial charge on any atom is -0.358 e. The van der Waals surface area contributed by atoms with Crippen LogP contribution in [0.25, 0.3) is 31.7 Å². The number of nitrogens with zero attached hydrogens (tertiary/aromatic N) is 1. The molecule has 0 aliphatic rings. The zero-order valence-electron chi connectivity index (χ0n) is 12.3. The molecule has 0 radical (unpaired) electrons. The van der Waals surface area contributed by atoms with Gasteiger partial charge in [0.1, 0.15) is 16.3 Å². The van der Waals surface area contributed by atoms with E-state index >= 15 is 0 Å². The van der Waals surface area contributed by atoms with Gasteiger partial charge in [-0.25, -0.2) is 18.2 Å². The van der Waals surface area contributed by atoms with Crippen LogP contribution in [0.4, 0.5) is 13.2 Å². The Morgan fingerprint density at radius 2 is 1.83 bits per heavy atom. The average Bonchev–Trinajstić information content (AvgIpc) is 3.05. The molecule has 2 nitrogen and oxygen atoms in total. The van der Waals surface area contributed by atoms with Crippen LogP contribution in [-0.4, -0.2) is 9.97 Å². The highest BCUT2D eigenvalue weighted by Crippen LogP contribution is 2.39. The Labute approximate surface area is 133 Å². The molecule has 116 valence electrons. The molecule has 0 fully saturated rings. The maximum atomic E-state index is 13.9. The van der Waals surface area contributed by atoms with Crippen molar-refractivity contribution in [2.45, 2.75) is 13.8 Å². The molecule has 0 aliphatic heterocycles. The normalized spacial score (nSPS) is 11.7. The highest BCUT2D eigenvalue weighted by molar-refractivity contribution is 7.21. The Kier molecular flexibility index (Phi) is 2.99. The summed E-state index contributed by atoms with van der Waals surface area (Å²) in [5, 5.41) is 1.40. The second kappa shape index (κ2) is 4.83. The van der Waals surface area contributed by atoms with Crippen molar-refractivity contribution in [3.8, 4) is 10.6 Å². The van der Waals surface area contributed by atoms with Crippen molar-refractivity contribution in [3.05, 3.63) is 53.0 Å². The second-order valence-electron chi connectivity index (χ2n) is 5.52. The van der Waals surface area contributed by atoms with Gasteiger partial charge in [-0.05, 0) is 26.0 Å². The molecule has 4 rings (SSSR count). The largest absolute Gasteiger partial charge is 0.358 e. The van der Waals surface area contributed by atoms with Gasteiger partial charge in [-0.3, -0.25) is 0 Å². The molecule has 2 aromatic carbocycles. The summed E-state index contributed by atoms with van der Waals surface area (Å²) in [6.07, 6.45) is 0. The number of hydrogen-bond donors (Lipinski definition) is 1. The minimum absolute atomic E-state index is 0.0281. The number of H-pyrrole nitrogens is 1. The van der Waals surface area contributed by atoms with E-state index in [4.69, 9.17) is 0 Å². The van der Waals surface area contributed by atoms with Gasteiger partial charge in [-0.15, -0.1) is 11.3 Å². The summed E-state index contributed by atoms with van der Waals surface area (Å²) in [4.78, 5) is 7.40. The van der Waals surface area contributed by atoms with Crippen LogP contribution in [0.3, 0.4) is 0 Å². The van der Waals surface area contributed by atoms with Crippen molar-refractivity contribution in [3.63, 3.8) is 0 Å². The van der Waals surface area contributed by atoms with Crippen molar-refractivity contribution >= 4 is 32.5 Å². The molecule has 0 spiro atoms. The number of hydrogen-bond acceptors (Lipinski definition) is 2. The van der Waals surface area contributed by atoms with Crippen molar-refractivity contribution in [2.24, 2.45) is 0 Å². The number of aromatic nitrogens is 2. The van der Waals surface area contributed by atoms with Crippen molar-refractivity contribution in [1.82, 2.24) is 9.97 Å². The molecular formula is C17H11F3N2S. The lowest BCUT2D eigenvalue weighted by Gasteiger charge is -1.97. The first kappa shape index (κ1) is 14.3. The molecule has 0 unspecified atom stereocenters. The minimum atomic E-state index is -1.22. The summed E-state index contributed by atoms with van der Waals surface area (Å²) in [6, 6.07) is 6.49. The summed E-state index contributed by atoms with van der Waals surface area (Å²) >= 11 is 1.03. The van der Waals surface area contributed by atoms with E-state index in [1.165, 1.54) is 0 Å². The first-order chi connectivity index (χ1) is 11.0. The fourth-order valence-corrected chi connectivity index (χ4v) is 3.89. The fraction of sp³-hybridized carbons (Fsp3) is 0.118. The molecule has 0 aliphatic carbocycles. The van der Waals surface area contributed by atoms with Gasteiger partial charge in [0, 0.05) is 28.2 Å². The zero-order chi connectivity index (χ0) is 16.3. The molecule has 0 atom stereocenters. The molecule has 0 saturated carbocycles. The van der Waals surface area contributed by atoms with E-state index in [-0.39, 0.29) is 10.2 Å². The third kappa shape index (κ3) is 2.05. The summed E-state index contributed by atoms with van der Waals surface area (Å²) in [5.41, 5.74) is 3.38. The van der Waals surface area contributed by atoms with Crippen LogP contribution >= 0.6 is 11.3 Å². The van der Waals surface area contributed by atoms with Crippen LogP contribution in [0.15, 0.2) is 24.3 Å². The Morgan fingerprint density at radius 1 is 1.04 bits per heavy atom. The Bertz CT molecular complexity index is 1080. The van der Waals surface area contributed by atoms with E-state index in [1.807, 2.05) is 32.0 Å². The maximum Gasteiger partial charge on any atom is 0.186 e. The quantitative estimate of drug-likeness (QED) is 0.459. The first-order valence-electron chi connectivity index (χ1n) is 6.99. The van der Waals surface area contributed by atoms with Gasteiger partial charge in [0.05, 0.1) is 4.70 Å². The third-order valence-electron chi connectivity index (χ3n) is 3.87. The number of halogens is 3. The topological polar surface area (TPSA) is 28.7 Å². The first-order valence-corrected chi connectivity index (χ1v) is 7.80. The molecule has 0 bridgehead atoms. The van der Waals surface area contributed by atoms with Crippen molar-refractivity contribution in [1.29, 1.82) is 0 Å². The predicted molar refractivity (Wildman–Crippen MR) is 86.3 cm³/mol. The summed E-state index contributed by atoms with van der Waals surface area (Å²) < 4.78 is 41.2. The maximum absolute atomic E-state index is 13.9. The molecular weight excluding hydrogens is 321 g/mol. The Hall–Kier alpha value is -2.34. The van der Waals surface area contributed by atoms with Gasteiger partial charge in [0.15, 0.2) is 11.6 Å². The average molecular weight is 332 g/mol. The van der Waals surface area contributed by atoms with Crippen molar-refractivity contribution in [2.75, 3.05) is 0 Å². The van der Waals surface area contributed by atoms with Gasteiger partial charge in [0.25, 0.3) is 0 Å². The monoisotopic (exact) mass is 332 g/mol. The van der Waals surface area contributed by atoms with Crippen LogP contribution in [0.2, 0.25) is 0 Å². The number of aryl methyl sites for hydroxylation is 2. The molecule has 2 heterocycles. The van der Waals surface area contributed by atoms with Gasteiger partial charge >= 0.3 is 0 Å². The zero-order valence-corrected chi connectivity index (χ0v) is 13.1. The molecule has 2 aromatic heterocycles. The van der Waals surface area contributed by atoms with E-state index in [0.29, 0.717) is 11.1 Å². The summed E-state index contributed by atoms with van der Waals surface area (Å²) in [6.45, 7) is 3.85. The molecule has 0 amide bonds. The van der Waals surface area contributed by atoms with Crippen LogP contribution in [0, 0.1) is 31.3 Å². The number of rotatable bonds is 1. The predicted octanol–water partition coefficient (Wildman–Crippen LogP) is 5.48. The summed E-state index contributed by atoms with van der Waals surface area (Å²) in [7, 11) is 0. The third-order valence-corrected chi connectivity index (χ3v) is 4.95. The molecule has 1 N–H and O–H groups in total. The molecule has 23 heavy (non-hydrogen) atoms. The van der Waals surface area contributed by atoms with Crippen LogP contribution in [0.5, 0.6) is 0 Å². The fourth-order valence-electron chi connectivity index (χ4n) is 2.81.